The highest BCUT2D eigenvalue weighted by molar-refractivity contribution is 5.80. The number of likely N-dealkylation sites (tertiary alicyclic amines) is 1. The number of halogens is 1. The van der Waals surface area contributed by atoms with Gasteiger partial charge < -0.3 is 10.2 Å². The molecule has 2 rings (SSSR count). The second kappa shape index (κ2) is 7.20. The Balaban J connectivity index is 1.80. The van der Waals surface area contributed by atoms with Crippen LogP contribution in [0.3, 0.4) is 0 Å². The Bertz CT molecular complexity index is 511. The molecule has 0 spiro atoms. The predicted molar refractivity (Wildman–Crippen MR) is 77.8 cm³/mol. The minimum atomic E-state index is -0.304. The van der Waals surface area contributed by atoms with Crippen LogP contribution in [0, 0.1) is 11.7 Å². The number of hydrogen-bond acceptors (Lipinski definition) is 2. The van der Waals surface area contributed by atoms with E-state index in [2.05, 4.69) is 5.32 Å². The van der Waals surface area contributed by atoms with Gasteiger partial charge in [0.2, 0.25) is 11.8 Å². The van der Waals surface area contributed by atoms with E-state index < -0.39 is 0 Å². The topological polar surface area (TPSA) is 49.4 Å². The minimum Gasteiger partial charge on any atom is -0.352 e. The van der Waals surface area contributed by atoms with E-state index in [0.29, 0.717) is 37.9 Å². The first-order valence-corrected chi connectivity index (χ1v) is 7.40. The smallest absolute Gasteiger partial charge is 0.223 e. The van der Waals surface area contributed by atoms with Gasteiger partial charge in [-0.15, -0.1) is 0 Å². The Hall–Kier alpha value is -1.91. The highest BCUT2D eigenvalue weighted by atomic mass is 19.1. The predicted octanol–water partition coefficient (Wildman–Crippen LogP) is 2.09. The lowest BCUT2D eigenvalue weighted by atomic mass is 9.95. The van der Waals surface area contributed by atoms with E-state index >= 15 is 0 Å². The van der Waals surface area contributed by atoms with Crippen molar-refractivity contribution in [3.8, 4) is 0 Å². The van der Waals surface area contributed by atoms with Crippen molar-refractivity contribution < 1.29 is 14.0 Å². The summed E-state index contributed by atoms with van der Waals surface area (Å²) < 4.78 is 13.5. The van der Waals surface area contributed by atoms with Crippen LogP contribution in [0.2, 0.25) is 0 Å². The maximum atomic E-state index is 13.5. The summed E-state index contributed by atoms with van der Waals surface area (Å²) in [6, 6.07) is 6.43. The van der Waals surface area contributed by atoms with E-state index in [9.17, 15) is 14.0 Å². The molecule has 0 atom stereocenters. The number of nitrogens with one attached hydrogen (secondary N) is 1. The Labute approximate surface area is 124 Å². The number of rotatable bonds is 4. The molecule has 1 aromatic rings. The zero-order valence-corrected chi connectivity index (χ0v) is 12.3. The van der Waals surface area contributed by atoms with Crippen molar-refractivity contribution in [1.29, 1.82) is 0 Å². The average Bonchev–Trinajstić information content (AvgIpc) is 2.53. The van der Waals surface area contributed by atoms with E-state index in [-0.39, 0.29) is 30.1 Å². The van der Waals surface area contributed by atoms with Gasteiger partial charge in [0.15, 0.2) is 0 Å². The molecular formula is C16H21FN2O2. The summed E-state index contributed by atoms with van der Waals surface area (Å²) in [6.45, 7) is 3.31. The second-order valence-electron chi connectivity index (χ2n) is 5.32. The van der Waals surface area contributed by atoms with Gasteiger partial charge in [-0.3, -0.25) is 9.59 Å². The van der Waals surface area contributed by atoms with E-state index in [4.69, 9.17) is 0 Å². The summed E-state index contributed by atoms with van der Waals surface area (Å²) in [4.78, 5) is 25.5. The van der Waals surface area contributed by atoms with Crippen molar-refractivity contribution in [1.82, 2.24) is 10.2 Å². The number of hydrogen-bond donors (Lipinski definition) is 1. The second-order valence-corrected chi connectivity index (χ2v) is 5.32. The van der Waals surface area contributed by atoms with Gasteiger partial charge in [-0.05, 0) is 18.9 Å². The number of benzene rings is 1. The van der Waals surface area contributed by atoms with Crippen molar-refractivity contribution >= 4 is 11.8 Å². The van der Waals surface area contributed by atoms with Crippen LogP contribution in [0.25, 0.3) is 0 Å². The van der Waals surface area contributed by atoms with E-state index in [1.165, 1.54) is 6.07 Å². The van der Waals surface area contributed by atoms with Crippen LogP contribution >= 0.6 is 0 Å². The van der Waals surface area contributed by atoms with Gasteiger partial charge in [0.1, 0.15) is 5.82 Å². The molecular weight excluding hydrogens is 271 g/mol. The average molecular weight is 292 g/mol. The summed E-state index contributed by atoms with van der Waals surface area (Å²) in [5.74, 6) is -0.305. The molecule has 0 unspecified atom stereocenters. The fraction of sp³-hybridized carbons (Fsp3) is 0.500. The Morgan fingerprint density at radius 1 is 1.29 bits per heavy atom. The first kappa shape index (κ1) is 15.5. The zero-order valence-electron chi connectivity index (χ0n) is 12.3. The van der Waals surface area contributed by atoms with E-state index in [1.54, 1.807) is 23.1 Å². The van der Waals surface area contributed by atoms with Crippen LogP contribution in [0.4, 0.5) is 4.39 Å². The molecule has 1 heterocycles. The summed E-state index contributed by atoms with van der Waals surface area (Å²) in [5, 5.41) is 2.79. The van der Waals surface area contributed by atoms with Crippen molar-refractivity contribution in [2.24, 2.45) is 5.92 Å². The number of amides is 2. The zero-order chi connectivity index (χ0) is 15.2. The fourth-order valence-electron chi connectivity index (χ4n) is 2.58. The molecule has 1 aliphatic rings. The highest BCUT2D eigenvalue weighted by Gasteiger charge is 2.26. The lowest BCUT2D eigenvalue weighted by Gasteiger charge is -2.31. The normalized spacial score (nSPS) is 15.8. The summed E-state index contributed by atoms with van der Waals surface area (Å²) >= 11 is 0. The number of carbonyl (C=O) groups is 2. The molecule has 1 saturated heterocycles. The van der Waals surface area contributed by atoms with Crippen LogP contribution < -0.4 is 5.32 Å². The van der Waals surface area contributed by atoms with E-state index in [1.807, 2.05) is 6.92 Å². The molecule has 0 radical (unpaired) electrons. The first-order valence-electron chi connectivity index (χ1n) is 7.40. The monoisotopic (exact) mass is 292 g/mol. The molecule has 0 bridgehead atoms. The van der Waals surface area contributed by atoms with Crippen LogP contribution in [0.1, 0.15) is 31.7 Å². The highest BCUT2D eigenvalue weighted by Crippen LogP contribution is 2.18. The molecule has 1 aliphatic heterocycles. The largest absolute Gasteiger partial charge is 0.352 e. The van der Waals surface area contributed by atoms with Crippen LogP contribution in [-0.2, 0) is 16.1 Å². The third kappa shape index (κ3) is 4.03. The third-order valence-electron chi connectivity index (χ3n) is 3.93. The standard InChI is InChI=1S/C16H21FN2O2/c1-2-15(20)19-9-7-12(8-10-19)16(21)18-11-13-5-3-4-6-14(13)17/h3-6,12H,2,7-11H2,1H3,(H,18,21). The Kier molecular flexibility index (Phi) is 5.31. The third-order valence-corrected chi connectivity index (χ3v) is 3.93. The van der Waals surface area contributed by atoms with Crippen molar-refractivity contribution in [2.45, 2.75) is 32.7 Å². The Morgan fingerprint density at radius 3 is 2.57 bits per heavy atom. The number of nitrogens with zero attached hydrogens (tertiary/aromatic N) is 1. The minimum absolute atomic E-state index is 0.0538. The van der Waals surface area contributed by atoms with Gasteiger partial charge in [-0.1, -0.05) is 25.1 Å². The summed E-state index contributed by atoms with van der Waals surface area (Å²) in [5.41, 5.74) is 0.490. The molecule has 2 amide bonds. The van der Waals surface area contributed by atoms with Gasteiger partial charge in [-0.2, -0.15) is 0 Å². The SMILES string of the molecule is CCC(=O)N1CCC(C(=O)NCc2ccccc2F)CC1. The molecule has 114 valence electrons. The van der Waals surface area contributed by atoms with Gasteiger partial charge in [0, 0.05) is 37.5 Å². The lowest BCUT2D eigenvalue weighted by Crippen LogP contribution is -2.42. The van der Waals surface area contributed by atoms with Gasteiger partial charge >= 0.3 is 0 Å². The number of carbonyl (C=O) groups excluding carboxylic acids is 2. The molecule has 1 aromatic carbocycles. The summed E-state index contributed by atoms with van der Waals surface area (Å²) in [6.07, 6.45) is 1.85. The van der Waals surface area contributed by atoms with Crippen LogP contribution in [0.15, 0.2) is 24.3 Å². The van der Waals surface area contributed by atoms with Gasteiger partial charge in [0.05, 0.1) is 0 Å². The maximum absolute atomic E-state index is 13.5. The quantitative estimate of drug-likeness (QED) is 0.924. The molecule has 4 nitrogen and oxygen atoms in total. The molecule has 1 fully saturated rings. The van der Waals surface area contributed by atoms with Crippen molar-refractivity contribution in [3.63, 3.8) is 0 Å². The molecule has 5 heteroatoms. The molecule has 0 saturated carbocycles. The fourth-order valence-corrected chi connectivity index (χ4v) is 2.58. The molecule has 0 aromatic heterocycles. The number of piperidine rings is 1. The first-order chi connectivity index (χ1) is 10.1. The van der Waals surface area contributed by atoms with Gasteiger partial charge in [0.25, 0.3) is 0 Å². The van der Waals surface area contributed by atoms with Crippen molar-refractivity contribution in [3.05, 3.63) is 35.6 Å². The Morgan fingerprint density at radius 2 is 1.95 bits per heavy atom. The maximum Gasteiger partial charge on any atom is 0.223 e. The molecule has 1 N–H and O–H groups in total. The van der Waals surface area contributed by atoms with Crippen LogP contribution in [0.5, 0.6) is 0 Å². The van der Waals surface area contributed by atoms with Crippen molar-refractivity contribution in [2.75, 3.05) is 13.1 Å². The molecule has 0 aliphatic carbocycles. The van der Waals surface area contributed by atoms with Gasteiger partial charge in [-0.25, -0.2) is 4.39 Å². The molecule has 21 heavy (non-hydrogen) atoms. The summed E-state index contributed by atoms with van der Waals surface area (Å²) in [7, 11) is 0. The lowest BCUT2D eigenvalue weighted by molar-refractivity contribution is -0.135. The van der Waals surface area contributed by atoms with Crippen LogP contribution in [-0.4, -0.2) is 29.8 Å². The van der Waals surface area contributed by atoms with E-state index in [0.717, 1.165) is 0 Å².